The highest BCUT2D eigenvalue weighted by Crippen LogP contribution is 2.26. The van der Waals surface area contributed by atoms with Gasteiger partial charge >= 0.3 is 12.1 Å². The van der Waals surface area contributed by atoms with E-state index in [2.05, 4.69) is 24.1 Å². The molecule has 1 heterocycles. The number of alkyl carbamates (subject to hydrolysis) is 1. The lowest BCUT2D eigenvalue weighted by Crippen LogP contribution is -2.44. The number of aromatic nitrogens is 1. The Balaban J connectivity index is 2.95. The molecule has 0 aliphatic heterocycles. The van der Waals surface area contributed by atoms with Crippen LogP contribution in [-0.2, 0) is 28.8 Å². The number of hydrogen-bond donors (Lipinski definition) is 3. The zero-order valence-corrected chi connectivity index (χ0v) is 18.7. The van der Waals surface area contributed by atoms with Gasteiger partial charge in [0, 0.05) is 6.20 Å². The van der Waals surface area contributed by atoms with E-state index < -0.39 is 23.7 Å². The molecular weight excluding hydrogens is 370 g/mol. The third-order valence-electron chi connectivity index (χ3n) is 4.90. The van der Waals surface area contributed by atoms with E-state index in [1.807, 2.05) is 13.1 Å². The fraction of sp³-hybridized carbons (Fsp3) is 0.682. The van der Waals surface area contributed by atoms with Crippen molar-refractivity contribution >= 4 is 17.7 Å². The van der Waals surface area contributed by atoms with Crippen LogP contribution in [0, 0.1) is 5.92 Å². The third-order valence-corrected chi connectivity index (χ3v) is 4.90. The van der Waals surface area contributed by atoms with Gasteiger partial charge in [0.2, 0.25) is 0 Å². The molecule has 0 fully saturated rings. The first-order valence-electron chi connectivity index (χ1n) is 10.5. The van der Waals surface area contributed by atoms with Crippen molar-refractivity contribution in [3.05, 3.63) is 23.0 Å². The largest absolute Gasteiger partial charge is 0.480 e. The molecule has 2 atom stereocenters. The van der Waals surface area contributed by atoms with E-state index in [-0.39, 0.29) is 12.3 Å². The fourth-order valence-corrected chi connectivity index (χ4v) is 3.34. The molecule has 0 saturated carbocycles. The summed E-state index contributed by atoms with van der Waals surface area (Å²) in [4.78, 5) is 28.3. The summed E-state index contributed by atoms with van der Waals surface area (Å²) >= 11 is 0. The molecule has 164 valence electrons. The molecule has 4 N–H and O–H groups in total. The SMILES string of the molecule is CCCc1c(CC)cnc(CC(CC)C[C@H](NC(=O)OC(C)(C)C)C(=O)O)c1N. The maximum Gasteiger partial charge on any atom is 0.408 e. The molecule has 0 saturated heterocycles. The number of nitrogen functional groups attached to an aromatic ring is 1. The van der Waals surface area contributed by atoms with E-state index in [0.717, 1.165) is 48.2 Å². The van der Waals surface area contributed by atoms with Crippen LogP contribution in [0.25, 0.3) is 0 Å². The highest BCUT2D eigenvalue weighted by atomic mass is 16.6. The Bertz CT molecular complexity index is 698. The molecule has 0 radical (unpaired) electrons. The minimum Gasteiger partial charge on any atom is -0.480 e. The van der Waals surface area contributed by atoms with Gasteiger partial charge in [0.15, 0.2) is 0 Å². The predicted molar refractivity (Wildman–Crippen MR) is 115 cm³/mol. The van der Waals surface area contributed by atoms with Crippen molar-refractivity contribution in [3.8, 4) is 0 Å². The number of hydrogen-bond acceptors (Lipinski definition) is 5. The molecule has 29 heavy (non-hydrogen) atoms. The van der Waals surface area contributed by atoms with Gasteiger partial charge in [-0.25, -0.2) is 9.59 Å². The minimum atomic E-state index is -1.08. The average Bonchev–Trinajstić information content (AvgIpc) is 2.61. The monoisotopic (exact) mass is 407 g/mol. The van der Waals surface area contributed by atoms with Gasteiger partial charge in [0.1, 0.15) is 11.6 Å². The quantitative estimate of drug-likeness (QED) is 0.537. The van der Waals surface area contributed by atoms with Crippen LogP contribution in [0.4, 0.5) is 10.5 Å². The number of carboxylic acid groups (broad SMARTS) is 1. The third kappa shape index (κ3) is 7.91. The lowest BCUT2D eigenvalue weighted by Gasteiger charge is -2.24. The highest BCUT2D eigenvalue weighted by molar-refractivity contribution is 5.80. The number of rotatable bonds is 10. The number of amides is 1. The lowest BCUT2D eigenvalue weighted by atomic mass is 9.90. The van der Waals surface area contributed by atoms with Crippen LogP contribution in [0.1, 0.15) is 77.6 Å². The fourth-order valence-electron chi connectivity index (χ4n) is 3.34. The number of nitrogens with one attached hydrogen (secondary N) is 1. The molecule has 1 aromatic heterocycles. The van der Waals surface area contributed by atoms with Crippen LogP contribution >= 0.6 is 0 Å². The Morgan fingerprint density at radius 2 is 1.93 bits per heavy atom. The van der Waals surface area contributed by atoms with Gasteiger partial charge in [0.05, 0.1) is 11.4 Å². The van der Waals surface area contributed by atoms with Crippen molar-refractivity contribution in [3.63, 3.8) is 0 Å². The van der Waals surface area contributed by atoms with Gasteiger partial charge in [-0.3, -0.25) is 4.98 Å². The lowest BCUT2D eigenvalue weighted by molar-refractivity contribution is -0.140. The van der Waals surface area contributed by atoms with E-state index in [0.29, 0.717) is 6.42 Å². The first-order valence-corrected chi connectivity index (χ1v) is 10.5. The maximum atomic E-state index is 12.0. The Hall–Kier alpha value is -2.31. The maximum absolute atomic E-state index is 12.0. The number of nitrogens with two attached hydrogens (primary N) is 1. The first kappa shape index (κ1) is 24.7. The summed E-state index contributed by atoms with van der Waals surface area (Å²) in [6.07, 6.45) is 5.54. The zero-order chi connectivity index (χ0) is 22.2. The summed E-state index contributed by atoms with van der Waals surface area (Å²) in [5.41, 5.74) is 9.57. The zero-order valence-electron chi connectivity index (χ0n) is 18.7. The van der Waals surface area contributed by atoms with E-state index >= 15 is 0 Å². The van der Waals surface area contributed by atoms with Gasteiger partial charge < -0.3 is 20.9 Å². The number of pyridine rings is 1. The van der Waals surface area contributed by atoms with Gasteiger partial charge in [0.25, 0.3) is 0 Å². The number of carboxylic acids is 1. The van der Waals surface area contributed by atoms with Crippen molar-refractivity contribution in [2.45, 2.75) is 91.7 Å². The molecule has 0 spiro atoms. The van der Waals surface area contributed by atoms with E-state index in [4.69, 9.17) is 10.5 Å². The molecule has 7 nitrogen and oxygen atoms in total. The average molecular weight is 408 g/mol. The Morgan fingerprint density at radius 3 is 2.41 bits per heavy atom. The molecule has 0 aliphatic carbocycles. The van der Waals surface area contributed by atoms with Crippen molar-refractivity contribution < 1.29 is 19.4 Å². The normalized spacial score (nSPS) is 13.6. The van der Waals surface area contributed by atoms with Gasteiger partial charge in [-0.1, -0.05) is 33.6 Å². The number of nitrogens with zero attached hydrogens (tertiary/aromatic N) is 1. The van der Waals surface area contributed by atoms with Crippen LogP contribution in [-0.4, -0.2) is 33.8 Å². The van der Waals surface area contributed by atoms with Gasteiger partial charge in [-0.15, -0.1) is 0 Å². The topological polar surface area (TPSA) is 115 Å². The number of aryl methyl sites for hydroxylation is 1. The number of ether oxygens (including phenoxy) is 1. The molecular formula is C22H37N3O4. The molecule has 7 heteroatoms. The molecule has 0 aliphatic rings. The Kier molecular flexibility index (Phi) is 9.40. The standard InChI is InChI=1S/C22H37N3O4/c1-7-10-16-15(9-3)13-24-17(19(16)23)11-14(8-2)12-18(20(26)27)25-21(28)29-22(4,5)6/h13-14,18H,7-12,23H2,1-6H3,(H,25,28)(H,26,27)/t14?,18-/m0/s1. The molecule has 1 amide bonds. The van der Waals surface area contributed by atoms with Crippen molar-refractivity contribution in [1.82, 2.24) is 10.3 Å². The molecule has 1 unspecified atom stereocenters. The predicted octanol–water partition coefficient (Wildman–Crippen LogP) is 4.12. The summed E-state index contributed by atoms with van der Waals surface area (Å²) in [5.74, 6) is -1.06. The Morgan fingerprint density at radius 1 is 1.28 bits per heavy atom. The molecule has 1 rings (SSSR count). The summed E-state index contributed by atoms with van der Waals surface area (Å²) in [5, 5.41) is 12.0. The van der Waals surface area contributed by atoms with Crippen LogP contribution in [0.15, 0.2) is 6.20 Å². The second-order valence-electron chi connectivity index (χ2n) is 8.48. The second-order valence-corrected chi connectivity index (χ2v) is 8.48. The van der Waals surface area contributed by atoms with Crippen LogP contribution in [0.3, 0.4) is 0 Å². The number of anilines is 1. The van der Waals surface area contributed by atoms with Crippen molar-refractivity contribution in [2.24, 2.45) is 5.92 Å². The van der Waals surface area contributed by atoms with Gasteiger partial charge in [-0.2, -0.15) is 0 Å². The van der Waals surface area contributed by atoms with E-state index in [9.17, 15) is 14.7 Å². The molecule has 0 aromatic carbocycles. The Labute approximate surface area is 174 Å². The minimum absolute atomic E-state index is 0.0165. The molecule has 0 bridgehead atoms. The number of carbonyl (C=O) groups excluding carboxylic acids is 1. The van der Waals surface area contributed by atoms with E-state index in [1.54, 1.807) is 20.8 Å². The van der Waals surface area contributed by atoms with Crippen molar-refractivity contribution in [2.75, 3.05) is 5.73 Å². The summed E-state index contributed by atoms with van der Waals surface area (Å²) in [7, 11) is 0. The molecule has 1 aromatic rings. The summed E-state index contributed by atoms with van der Waals surface area (Å²) in [6.45, 7) is 11.4. The smallest absolute Gasteiger partial charge is 0.408 e. The second kappa shape index (κ2) is 11.0. The van der Waals surface area contributed by atoms with Crippen LogP contribution in [0.2, 0.25) is 0 Å². The van der Waals surface area contributed by atoms with Crippen molar-refractivity contribution in [1.29, 1.82) is 0 Å². The number of carbonyl (C=O) groups is 2. The van der Waals surface area contributed by atoms with E-state index in [1.165, 1.54) is 0 Å². The van der Waals surface area contributed by atoms with Crippen LogP contribution in [0.5, 0.6) is 0 Å². The summed E-state index contributed by atoms with van der Waals surface area (Å²) < 4.78 is 5.19. The first-order chi connectivity index (χ1) is 13.5. The number of aliphatic carboxylic acids is 1. The summed E-state index contributed by atoms with van der Waals surface area (Å²) in [6, 6.07) is -1.03. The highest BCUT2D eigenvalue weighted by Gasteiger charge is 2.27. The van der Waals surface area contributed by atoms with Crippen LogP contribution < -0.4 is 11.1 Å². The van der Waals surface area contributed by atoms with Gasteiger partial charge in [-0.05, 0) is 63.5 Å².